The summed E-state index contributed by atoms with van der Waals surface area (Å²) in [6.07, 6.45) is 0.619. The molecule has 86 valence electrons. The number of carbonyl (C=O) groups excluding carboxylic acids is 1. The highest BCUT2D eigenvalue weighted by Gasteiger charge is 2.25. The van der Waals surface area contributed by atoms with Gasteiger partial charge in [-0.3, -0.25) is 4.79 Å². The number of ether oxygens (including phenoxy) is 1. The van der Waals surface area contributed by atoms with Crippen molar-refractivity contribution in [1.82, 2.24) is 5.32 Å². The number of esters is 1. The molecule has 1 atom stereocenters. The third-order valence-electron chi connectivity index (χ3n) is 2.72. The summed E-state index contributed by atoms with van der Waals surface area (Å²) in [7, 11) is 0. The first-order valence-corrected chi connectivity index (χ1v) is 5.41. The normalized spacial score (nSPS) is 18.9. The number of rotatable bonds is 2. The zero-order chi connectivity index (χ0) is 11.5. The van der Waals surface area contributed by atoms with Gasteiger partial charge in [-0.25, -0.2) is 0 Å². The molecular formula is C12H15NO3. The van der Waals surface area contributed by atoms with Crippen molar-refractivity contribution in [2.75, 3.05) is 6.61 Å². The topological polar surface area (TPSA) is 58.6 Å². The predicted molar refractivity (Wildman–Crippen MR) is 59.1 cm³/mol. The molecule has 1 aromatic rings. The van der Waals surface area contributed by atoms with Crippen LogP contribution in [0.2, 0.25) is 0 Å². The molecule has 1 aliphatic heterocycles. The molecule has 0 saturated heterocycles. The third-order valence-corrected chi connectivity index (χ3v) is 2.72. The Morgan fingerprint density at radius 1 is 1.56 bits per heavy atom. The van der Waals surface area contributed by atoms with E-state index < -0.39 is 0 Å². The zero-order valence-electron chi connectivity index (χ0n) is 9.19. The number of fused-ring (bicyclic) bond motifs is 1. The zero-order valence-corrected chi connectivity index (χ0v) is 9.19. The number of hydrogen-bond acceptors (Lipinski definition) is 4. The largest absolute Gasteiger partial charge is 0.508 e. The molecule has 4 heteroatoms. The Balaban J connectivity index is 2.12. The summed E-state index contributed by atoms with van der Waals surface area (Å²) < 4.78 is 4.97. The molecule has 2 N–H and O–H groups in total. The van der Waals surface area contributed by atoms with Gasteiger partial charge in [-0.2, -0.15) is 0 Å². The molecule has 0 saturated carbocycles. The van der Waals surface area contributed by atoms with Crippen molar-refractivity contribution in [1.29, 1.82) is 0 Å². The molecule has 0 amide bonds. The first kappa shape index (κ1) is 11.0. The Morgan fingerprint density at radius 3 is 3.12 bits per heavy atom. The van der Waals surface area contributed by atoms with Gasteiger partial charge in [0.15, 0.2) is 0 Å². The summed E-state index contributed by atoms with van der Waals surface area (Å²) in [6.45, 7) is 2.79. The van der Waals surface area contributed by atoms with Crippen molar-refractivity contribution < 1.29 is 14.6 Å². The van der Waals surface area contributed by atoms with Crippen molar-refractivity contribution in [2.45, 2.75) is 25.9 Å². The van der Waals surface area contributed by atoms with Gasteiger partial charge < -0.3 is 15.2 Å². The number of phenolic OH excluding ortho intramolecular Hbond substituents is 1. The molecule has 0 spiro atoms. The number of phenols is 1. The summed E-state index contributed by atoms with van der Waals surface area (Å²) >= 11 is 0. The van der Waals surface area contributed by atoms with Crippen molar-refractivity contribution in [3.05, 3.63) is 29.3 Å². The Bertz CT molecular complexity index is 403. The van der Waals surface area contributed by atoms with E-state index >= 15 is 0 Å². The Labute approximate surface area is 94.2 Å². The first-order valence-electron chi connectivity index (χ1n) is 5.41. The number of aromatic hydroxyl groups is 1. The van der Waals surface area contributed by atoms with Gasteiger partial charge in [0, 0.05) is 6.54 Å². The average Bonchev–Trinajstić information content (AvgIpc) is 2.28. The van der Waals surface area contributed by atoms with Crippen LogP contribution in [0.4, 0.5) is 0 Å². The summed E-state index contributed by atoms with van der Waals surface area (Å²) in [5, 5.41) is 12.4. The van der Waals surface area contributed by atoms with Crippen LogP contribution in [0.1, 0.15) is 18.1 Å². The van der Waals surface area contributed by atoms with Gasteiger partial charge in [0.05, 0.1) is 6.61 Å². The molecule has 0 aromatic heterocycles. The molecule has 1 aliphatic rings. The van der Waals surface area contributed by atoms with E-state index in [1.807, 2.05) is 6.07 Å². The van der Waals surface area contributed by atoms with Crippen LogP contribution >= 0.6 is 0 Å². The van der Waals surface area contributed by atoms with Crippen LogP contribution in [0.25, 0.3) is 0 Å². The molecule has 1 heterocycles. The van der Waals surface area contributed by atoms with Crippen LogP contribution in [0.15, 0.2) is 18.2 Å². The molecular weight excluding hydrogens is 206 g/mol. The predicted octanol–water partition coefficient (Wildman–Crippen LogP) is 0.970. The lowest BCUT2D eigenvalue weighted by molar-refractivity contribution is -0.145. The van der Waals surface area contributed by atoms with Crippen LogP contribution in [-0.4, -0.2) is 23.7 Å². The highest BCUT2D eigenvalue weighted by molar-refractivity contribution is 5.76. The molecule has 2 rings (SSSR count). The van der Waals surface area contributed by atoms with Gasteiger partial charge in [-0.1, -0.05) is 6.07 Å². The fraction of sp³-hybridized carbons (Fsp3) is 0.417. The minimum atomic E-state index is -0.267. The second-order valence-electron chi connectivity index (χ2n) is 3.84. The number of nitrogens with one attached hydrogen (secondary N) is 1. The van der Waals surface area contributed by atoms with E-state index in [2.05, 4.69) is 5.32 Å². The van der Waals surface area contributed by atoms with E-state index in [9.17, 15) is 9.90 Å². The molecule has 0 fully saturated rings. The van der Waals surface area contributed by atoms with E-state index in [0.717, 1.165) is 11.1 Å². The van der Waals surface area contributed by atoms with Gasteiger partial charge in [-0.05, 0) is 36.6 Å². The van der Waals surface area contributed by atoms with Gasteiger partial charge in [-0.15, -0.1) is 0 Å². The first-order chi connectivity index (χ1) is 7.70. The maximum Gasteiger partial charge on any atom is 0.323 e. The maximum atomic E-state index is 11.5. The highest BCUT2D eigenvalue weighted by atomic mass is 16.5. The minimum Gasteiger partial charge on any atom is -0.508 e. The monoisotopic (exact) mass is 221 g/mol. The van der Waals surface area contributed by atoms with Crippen LogP contribution in [0.5, 0.6) is 5.75 Å². The lowest BCUT2D eigenvalue weighted by atomic mass is 9.96. The van der Waals surface area contributed by atoms with Gasteiger partial charge >= 0.3 is 5.97 Å². The number of hydrogen-bond donors (Lipinski definition) is 2. The minimum absolute atomic E-state index is 0.207. The van der Waals surface area contributed by atoms with Crippen molar-refractivity contribution in [3.8, 4) is 5.75 Å². The quantitative estimate of drug-likeness (QED) is 0.731. The van der Waals surface area contributed by atoms with Gasteiger partial charge in [0.25, 0.3) is 0 Å². The summed E-state index contributed by atoms with van der Waals surface area (Å²) in [5.41, 5.74) is 2.13. The van der Waals surface area contributed by atoms with Crippen LogP contribution in [-0.2, 0) is 22.5 Å². The molecule has 0 bridgehead atoms. The summed E-state index contributed by atoms with van der Waals surface area (Å²) in [5.74, 6) is 0.0522. The number of benzene rings is 1. The fourth-order valence-electron chi connectivity index (χ4n) is 1.91. The smallest absolute Gasteiger partial charge is 0.323 e. The standard InChI is InChI=1S/C12H15NO3/c1-2-16-12(15)11-6-8-3-4-10(14)5-9(8)7-13-11/h3-5,11,13-14H,2,6-7H2,1H3/t11-/m1/s1. The Kier molecular flexibility index (Phi) is 3.10. The van der Waals surface area contributed by atoms with Crippen LogP contribution in [0, 0.1) is 0 Å². The van der Waals surface area contributed by atoms with Gasteiger partial charge in [0.1, 0.15) is 11.8 Å². The Morgan fingerprint density at radius 2 is 2.38 bits per heavy atom. The van der Waals surface area contributed by atoms with Crippen molar-refractivity contribution in [2.24, 2.45) is 0 Å². The van der Waals surface area contributed by atoms with E-state index in [1.54, 1.807) is 19.1 Å². The second kappa shape index (κ2) is 4.53. The second-order valence-corrected chi connectivity index (χ2v) is 3.84. The molecule has 4 nitrogen and oxygen atoms in total. The molecule has 16 heavy (non-hydrogen) atoms. The number of carbonyl (C=O) groups is 1. The molecule has 1 aromatic carbocycles. The maximum absolute atomic E-state index is 11.5. The molecule has 0 radical (unpaired) electrons. The molecule has 0 unspecified atom stereocenters. The SMILES string of the molecule is CCOC(=O)[C@H]1Cc2ccc(O)cc2CN1. The van der Waals surface area contributed by atoms with Crippen molar-refractivity contribution >= 4 is 5.97 Å². The fourth-order valence-corrected chi connectivity index (χ4v) is 1.91. The lowest BCUT2D eigenvalue weighted by Gasteiger charge is -2.24. The summed E-state index contributed by atoms with van der Waals surface area (Å²) in [6, 6.07) is 4.96. The molecule has 0 aliphatic carbocycles. The Hall–Kier alpha value is -1.55. The van der Waals surface area contributed by atoms with E-state index in [-0.39, 0.29) is 17.8 Å². The lowest BCUT2D eigenvalue weighted by Crippen LogP contribution is -2.42. The summed E-state index contributed by atoms with van der Waals surface area (Å²) in [4.78, 5) is 11.5. The van der Waals surface area contributed by atoms with Crippen LogP contribution < -0.4 is 5.32 Å². The van der Waals surface area contributed by atoms with Gasteiger partial charge in [0.2, 0.25) is 0 Å². The highest BCUT2D eigenvalue weighted by Crippen LogP contribution is 2.21. The van der Waals surface area contributed by atoms with Crippen LogP contribution in [0.3, 0.4) is 0 Å². The van der Waals surface area contributed by atoms with E-state index in [4.69, 9.17) is 4.74 Å². The van der Waals surface area contributed by atoms with E-state index in [0.29, 0.717) is 19.6 Å². The van der Waals surface area contributed by atoms with Crippen molar-refractivity contribution in [3.63, 3.8) is 0 Å². The average molecular weight is 221 g/mol. The third kappa shape index (κ3) is 2.17. The van der Waals surface area contributed by atoms with E-state index in [1.165, 1.54) is 0 Å².